The standard InChI is InChI=1S/C25H31BrN6O5/c1-15-14-31(7-8-37-15)25(34)19-10-17(26)11-22(32(35)36)23(19)29-20-5-3-4-6-21(20)30-24(33)16-9-18(27-2)13-28-12-16/h9-13,15,20-21,27,29H,3-8,14H2,1-2H3,(H,30,33)/t15-,20+,21-/m0/s1. The fraction of sp³-hybridized carbons (Fsp3) is 0.480. The lowest BCUT2D eigenvalue weighted by molar-refractivity contribution is -0.384. The van der Waals surface area contributed by atoms with Crippen LogP contribution in [0.1, 0.15) is 53.3 Å². The number of hydrogen-bond acceptors (Lipinski definition) is 8. The number of amides is 2. The molecule has 11 nitrogen and oxygen atoms in total. The number of anilines is 2. The number of hydrogen-bond donors (Lipinski definition) is 3. The first-order valence-corrected chi connectivity index (χ1v) is 13.1. The zero-order valence-corrected chi connectivity index (χ0v) is 22.4. The van der Waals surface area contributed by atoms with E-state index in [1.54, 1.807) is 30.3 Å². The highest BCUT2D eigenvalue weighted by molar-refractivity contribution is 9.10. The van der Waals surface area contributed by atoms with Gasteiger partial charge < -0.3 is 25.6 Å². The molecule has 1 aromatic heterocycles. The third kappa shape index (κ3) is 6.37. The van der Waals surface area contributed by atoms with Crippen LogP contribution in [0, 0.1) is 10.1 Å². The fourth-order valence-corrected chi connectivity index (χ4v) is 5.29. The number of carbonyl (C=O) groups excluding carboxylic acids is 2. The Hall–Kier alpha value is -3.25. The van der Waals surface area contributed by atoms with Crippen LogP contribution in [0.4, 0.5) is 17.1 Å². The summed E-state index contributed by atoms with van der Waals surface area (Å²) in [5.74, 6) is -0.569. The topological polar surface area (TPSA) is 139 Å². The molecule has 1 aliphatic heterocycles. The van der Waals surface area contributed by atoms with Crippen LogP contribution in [0.2, 0.25) is 0 Å². The monoisotopic (exact) mass is 574 g/mol. The van der Waals surface area contributed by atoms with Crippen molar-refractivity contribution in [2.24, 2.45) is 0 Å². The molecule has 12 heteroatoms. The van der Waals surface area contributed by atoms with Gasteiger partial charge in [-0.3, -0.25) is 24.7 Å². The average molecular weight is 575 g/mol. The number of nitro benzene ring substituents is 1. The Bertz CT molecular complexity index is 1180. The quantitative estimate of drug-likeness (QED) is 0.335. The van der Waals surface area contributed by atoms with Crippen LogP contribution in [0.5, 0.6) is 0 Å². The van der Waals surface area contributed by atoms with E-state index in [0.717, 1.165) is 18.5 Å². The minimum absolute atomic E-state index is 0.120. The van der Waals surface area contributed by atoms with Gasteiger partial charge in [0.15, 0.2) is 0 Å². The van der Waals surface area contributed by atoms with Gasteiger partial charge in [-0.25, -0.2) is 0 Å². The van der Waals surface area contributed by atoms with Gasteiger partial charge in [-0.05, 0) is 31.9 Å². The molecule has 1 aromatic carbocycles. The molecular weight excluding hydrogens is 544 g/mol. The Morgan fingerprint density at radius 3 is 2.65 bits per heavy atom. The molecule has 1 aliphatic carbocycles. The van der Waals surface area contributed by atoms with Crippen molar-refractivity contribution in [3.63, 3.8) is 0 Å². The van der Waals surface area contributed by atoms with Crippen LogP contribution < -0.4 is 16.0 Å². The minimum atomic E-state index is -0.489. The van der Waals surface area contributed by atoms with Crippen molar-refractivity contribution in [3.05, 3.63) is 56.3 Å². The van der Waals surface area contributed by atoms with Crippen molar-refractivity contribution in [1.29, 1.82) is 0 Å². The molecule has 2 heterocycles. The summed E-state index contributed by atoms with van der Waals surface area (Å²) in [6, 6.07) is 4.14. The first kappa shape index (κ1) is 26.8. The molecule has 1 saturated heterocycles. The highest BCUT2D eigenvalue weighted by Crippen LogP contribution is 2.36. The minimum Gasteiger partial charge on any atom is -0.387 e. The predicted molar refractivity (Wildman–Crippen MR) is 143 cm³/mol. The van der Waals surface area contributed by atoms with E-state index >= 15 is 0 Å². The van der Waals surface area contributed by atoms with Gasteiger partial charge in [-0.15, -0.1) is 0 Å². The number of ether oxygens (including phenoxy) is 1. The molecule has 198 valence electrons. The van der Waals surface area contributed by atoms with Crippen molar-refractivity contribution >= 4 is 44.8 Å². The normalized spacial score (nSPS) is 21.7. The van der Waals surface area contributed by atoms with Crippen LogP contribution in [0.25, 0.3) is 0 Å². The number of nitrogens with zero attached hydrogens (tertiary/aromatic N) is 3. The van der Waals surface area contributed by atoms with Crippen LogP contribution in [0.15, 0.2) is 35.1 Å². The number of nitrogens with one attached hydrogen (secondary N) is 3. The molecule has 0 bridgehead atoms. The SMILES string of the molecule is CNc1cncc(C(=O)N[C@H]2CCCC[C@H]2Nc2c(C(=O)N3CCO[C@@H](C)C3)cc(Br)cc2[N+](=O)[O-])c1. The third-order valence-corrected chi connectivity index (χ3v) is 7.20. The summed E-state index contributed by atoms with van der Waals surface area (Å²) >= 11 is 3.33. The number of nitro groups is 1. The number of pyridine rings is 1. The van der Waals surface area contributed by atoms with Gasteiger partial charge in [0.05, 0.1) is 34.4 Å². The van der Waals surface area contributed by atoms with Gasteiger partial charge in [-0.2, -0.15) is 0 Å². The van der Waals surface area contributed by atoms with Crippen LogP contribution in [0.3, 0.4) is 0 Å². The van der Waals surface area contributed by atoms with E-state index in [1.807, 2.05) is 6.92 Å². The lowest BCUT2D eigenvalue weighted by Crippen LogP contribution is -2.49. The molecule has 0 radical (unpaired) electrons. The van der Waals surface area contributed by atoms with Gasteiger partial charge in [0, 0.05) is 55.2 Å². The second-order valence-corrected chi connectivity index (χ2v) is 10.3. The molecule has 2 fully saturated rings. The Balaban J connectivity index is 1.62. The van der Waals surface area contributed by atoms with Crippen LogP contribution in [-0.4, -0.2) is 71.6 Å². The molecule has 0 spiro atoms. The lowest BCUT2D eigenvalue weighted by Gasteiger charge is -2.35. The second-order valence-electron chi connectivity index (χ2n) is 9.36. The summed E-state index contributed by atoms with van der Waals surface area (Å²) in [6.07, 6.45) is 6.22. The summed E-state index contributed by atoms with van der Waals surface area (Å²) in [5.41, 5.74) is 1.33. The first-order valence-electron chi connectivity index (χ1n) is 12.4. The maximum absolute atomic E-state index is 13.5. The Kier molecular flexibility index (Phi) is 8.59. The number of aromatic nitrogens is 1. The molecular formula is C25H31BrN6O5. The molecule has 37 heavy (non-hydrogen) atoms. The lowest BCUT2D eigenvalue weighted by atomic mass is 9.89. The average Bonchev–Trinajstić information content (AvgIpc) is 2.89. The highest BCUT2D eigenvalue weighted by atomic mass is 79.9. The molecule has 3 atom stereocenters. The van der Waals surface area contributed by atoms with E-state index in [9.17, 15) is 19.7 Å². The van der Waals surface area contributed by atoms with Gasteiger partial charge >= 0.3 is 0 Å². The predicted octanol–water partition coefficient (Wildman–Crippen LogP) is 3.81. The molecule has 3 N–H and O–H groups in total. The van der Waals surface area contributed by atoms with E-state index in [-0.39, 0.29) is 46.9 Å². The van der Waals surface area contributed by atoms with E-state index in [1.165, 1.54) is 12.3 Å². The molecule has 1 saturated carbocycles. The van der Waals surface area contributed by atoms with E-state index < -0.39 is 4.92 Å². The second kappa shape index (κ2) is 11.9. The number of halogens is 1. The molecule has 2 amide bonds. The van der Waals surface area contributed by atoms with E-state index in [4.69, 9.17) is 4.74 Å². The maximum Gasteiger partial charge on any atom is 0.294 e. The largest absolute Gasteiger partial charge is 0.387 e. The first-order chi connectivity index (χ1) is 17.8. The van der Waals surface area contributed by atoms with Gasteiger partial charge in [0.1, 0.15) is 5.69 Å². The molecule has 4 rings (SSSR count). The Morgan fingerprint density at radius 2 is 1.95 bits per heavy atom. The Labute approximate surface area is 223 Å². The Morgan fingerprint density at radius 1 is 1.19 bits per heavy atom. The summed E-state index contributed by atoms with van der Waals surface area (Å²) in [5, 5.41) is 21.4. The van der Waals surface area contributed by atoms with Gasteiger partial charge in [-0.1, -0.05) is 28.8 Å². The molecule has 2 aromatic rings. The maximum atomic E-state index is 13.5. The zero-order valence-electron chi connectivity index (χ0n) is 20.8. The van der Waals surface area contributed by atoms with Gasteiger partial charge in [0.25, 0.3) is 17.5 Å². The fourth-order valence-electron chi connectivity index (χ4n) is 4.84. The molecule has 0 unspecified atom stereocenters. The van der Waals surface area contributed by atoms with E-state index in [0.29, 0.717) is 42.6 Å². The van der Waals surface area contributed by atoms with Crippen molar-refractivity contribution in [3.8, 4) is 0 Å². The van der Waals surface area contributed by atoms with E-state index in [2.05, 4.69) is 36.9 Å². The van der Waals surface area contributed by atoms with Crippen LogP contribution >= 0.6 is 15.9 Å². The summed E-state index contributed by atoms with van der Waals surface area (Å²) in [6.45, 7) is 3.11. The number of morpholine rings is 1. The number of rotatable bonds is 7. The van der Waals surface area contributed by atoms with Crippen molar-refractivity contribution < 1.29 is 19.2 Å². The number of benzene rings is 1. The van der Waals surface area contributed by atoms with Crippen molar-refractivity contribution in [1.82, 2.24) is 15.2 Å². The highest BCUT2D eigenvalue weighted by Gasteiger charge is 2.33. The summed E-state index contributed by atoms with van der Waals surface area (Å²) in [7, 11) is 1.75. The van der Waals surface area contributed by atoms with Crippen LogP contribution in [-0.2, 0) is 4.74 Å². The van der Waals surface area contributed by atoms with Crippen molar-refractivity contribution in [2.75, 3.05) is 37.4 Å². The summed E-state index contributed by atoms with van der Waals surface area (Å²) < 4.78 is 6.00. The summed E-state index contributed by atoms with van der Waals surface area (Å²) in [4.78, 5) is 43.9. The third-order valence-electron chi connectivity index (χ3n) is 6.74. The zero-order chi connectivity index (χ0) is 26.5. The molecule has 2 aliphatic rings. The smallest absolute Gasteiger partial charge is 0.294 e. The number of carbonyl (C=O) groups is 2. The van der Waals surface area contributed by atoms with Gasteiger partial charge in [0.2, 0.25) is 0 Å². The van der Waals surface area contributed by atoms with Crippen molar-refractivity contribution in [2.45, 2.75) is 50.8 Å².